The largest absolute Gasteiger partial charge is 0.425 e. The average molecular weight is 375 g/mol. The van der Waals surface area contributed by atoms with Crippen molar-refractivity contribution in [2.45, 2.75) is 0 Å². The second-order valence-electron chi connectivity index (χ2n) is 4.12. The van der Waals surface area contributed by atoms with E-state index in [0.29, 0.717) is 0 Å². The van der Waals surface area contributed by atoms with Crippen molar-refractivity contribution in [3.05, 3.63) is 68.8 Å². The second-order valence-corrected chi connectivity index (χ2v) is 8.72. The van der Waals surface area contributed by atoms with Gasteiger partial charge in [-0.15, -0.1) is 0 Å². The molecule has 0 unspecified atom stereocenters. The Morgan fingerprint density at radius 2 is 1.13 bits per heavy atom. The lowest BCUT2D eigenvalue weighted by Crippen LogP contribution is -1.96. The predicted molar refractivity (Wildman–Crippen MR) is 87.6 cm³/mol. The molecular formula is C12H8ClN2O6PS. The van der Waals surface area contributed by atoms with Crippen LogP contribution >= 0.6 is 17.1 Å². The minimum Gasteiger partial charge on any atom is -0.425 e. The zero-order chi connectivity index (χ0) is 17.0. The number of nitro benzene ring substituents is 2. The monoisotopic (exact) mass is 374 g/mol. The molecule has 8 nitrogen and oxygen atoms in total. The van der Waals surface area contributed by atoms with Crippen LogP contribution in [0.25, 0.3) is 0 Å². The lowest BCUT2D eigenvalue weighted by molar-refractivity contribution is -0.385. The third-order valence-corrected chi connectivity index (χ3v) is 4.24. The van der Waals surface area contributed by atoms with E-state index in [1.807, 2.05) is 0 Å². The van der Waals surface area contributed by atoms with Crippen LogP contribution < -0.4 is 9.05 Å². The molecule has 0 amide bonds. The van der Waals surface area contributed by atoms with Crippen molar-refractivity contribution in [2.24, 2.45) is 0 Å². The molecule has 0 aliphatic rings. The Labute approximate surface area is 139 Å². The van der Waals surface area contributed by atoms with Crippen LogP contribution in [-0.2, 0) is 11.8 Å². The average Bonchev–Trinajstić information content (AvgIpc) is 2.47. The van der Waals surface area contributed by atoms with Gasteiger partial charge in [0.05, 0.1) is 9.85 Å². The van der Waals surface area contributed by atoms with E-state index in [1.165, 1.54) is 48.5 Å². The van der Waals surface area contributed by atoms with Crippen molar-refractivity contribution in [2.75, 3.05) is 0 Å². The zero-order valence-corrected chi connectivity index (χ0v) is 13.7. The van der Waals surface area contributed by atoms with Gasteiger partial charge in [-0.1, -0.05) is 0 Å². The molecule has 0 bridgehead atoms. The summed E-state index contributed by atoms with van der Waals surface area (Å²) in [5.74, 6) is -2.81. The van der Waals surface area contributed by atoms with Crippen LogP contribution in [-0.4, -0.2) is 9.85 Å². The fraction of sp³-hybridized carbons (Fsp3) is 0. The quantitative estimate of drug-likeness (QED) is 0.418. The summed E-state index contributed by atoms with van der Waals surface area (Å²) in [6.07, 6.45) is 0. The number of non-ortho nitro benzene ring substituents is 2. The second kappa shape index (κ2) is 6.91. The van der Waals surface area contributed by atoms with Gasteiger partial charge < -0.3 is 9.05 Å². The number of rotatable bonds is 6. The first-order chi connectivity index (χ1) is 10.8. The molecule has 0 heterocycles. The van der Waals surface area contributed by atoms with Crippen LogP contribution in [0.5, 0.6) is 11.5 Å². The van der Waals surface area contributed by atoms with E-state index in [1.54, 1.807) is 0 Å². The summed E-state index contributed by atoms with van der Waals surface area (Å²) in [5.41, 5.74) is -0.201. The first-order valence-corrected chi connectivity index (χ1v) is 9.49. The molecule has 0 fully saturated rings. The molecule has 0 atom stereocenters. The van der Waals surface area contributed by atoms with E-state index in [4.69, 9.17) is 32.1 Å². The summed E-state index contributed by atoms with van der Waals surface area (Å²) in [6, 6.07) is 10.4. The van der Waals surface area contributed by atoms with E-state index in [2.05, 4.69) is 0 Å². The molecule has 0 saturated heterocycles. The van der Waals surface area contributed by atoms with Crippen molar-refractivity contribution in [3.63, 3.8) is 0 Å². The van der Waals surface area contributed by atoms with Gasteiger partial charge in [0.25, 0.3) is 11.4 Å². The maximum atomic E-state index is 10.6. The minimum atomic E-state index is -3.25. The first kappa shape index (κ1) is 17.1. The molecule has 11 heteroatoms. The fourth-order valence-corrected chi connectivity index (χ4v) is 3.31. The predicted octanol–water partition coefficient (Wildman–Crippen LogP) is 4.42. The smallest absolute Gasteiger partial charge is 0.384 e. The van der Waals surface area contributed by atoms with Crippen molar-refractivity contribution in [1.29, 1.82) is 0 Å². The summed E-state index contributed by atoms with van der Waals surface area (Å²) in [5, 5.41) is 21.1. The number of nitrogens with zero attached hydrogens (tertiary/aromatic N) is 2. The van der Waals surface area contributed by atoms with E-state index >= 15 is 0 Å². The standard InChI is InChI=1S/C12H8ClN2O6PS/c13-22(23,20-11-5-1-9(2-6-11)14(16)17)21-12-7-3-10(4-8-12)15(18)19/h1-8H. The van der Waals surface area contributed by atoms with Gasteiger partial charge in [-0.25, -0.2) is 0 Å². The van der Waals surface area contributed by atoms with Crippen LogP contribution in [0.3, 0.4) is 0 Å². The Kier molecular flexibility index (Phi) is 5.15. The molecule has 0 spiro atoms. The highest BCUT2D eigenvalue weighted by Crippen LogP contribution is 2.53. The maximum absolute atomic E-state index is 10.6. The van der Waals surface area contributed by atoms with E-state index in [-0.39, 0.29) is 22.9 Å². The van der Waals surface area contributed by atoms with Crippen LogP contribution in [0.1, 0.15) is 0 Å². The van der Waals surface area contributed by atoms with E-state index in [0.717, 1.165) is 0 Å². The number of hydrogen-bond donors (Lipinski definition) is 0. The molecule has 0 aromatic heterocycles. The normalized spacial score (nSPS) is 10.8. The lowest BCUT2D eigenvalue weighted by atomic mass is 10.3. The highest BCUT2D eigenvalue weighted by molar-refractivity contribution is 8.22. The molecule has 2 aromatic rings. The Balaban J connectivity index is 2.07. The summed E-state index contributed by atoms with van der Waals surface area (Å²) in [4.78, 5) is 20.0. The van der Waals surface area contributed by atoms with Gasteiger partial charge in [-0.3, -0.25) is 20.2 Å². The number of nitro groups is 2. The molecule has 120 valence electrons. The van der Waals surface area contributed by atoms with Gasteiger partial charge in [0.1, 0.15) is 11.5 Å². The van der Waals surface area contributed by atoms with Gasteiger partial charge in [0.2, 0.25) is 0 Å². The molecule has 23 heavy (non-hydrogen) atoms. The van der Waals surface area contributed by atoms with Gasteiger partial charge in [0.15, 0.2) is 0 Å². The molecule has 0 aliphatic heterocycles. The van der Waals surface area contributed by atoms with Gasteiger partial charge >= 0.3 is 5.84 Å². The summed E-state index contributed by atoms with van der Waals surface area (Å²) < 4.78 is 10.7. The number of benzene rings is 2. The number of hydrogen-bond acceptors (Lipinski definition) is 7. The molecule has 2 rings (SSSR count). The SMILES string of the molecule is O=[N+]([O-])c1ccc(OP(=S)(Cl)Oc2ccc([N+](=O)[O-])cc2)cc1. The van der Waals surface area contributed by atoms with Crippen molar-refractivity contribution in [3.8, 4) is 11.5 Å². The Bertz CT molecular complexity index is 720. The third-order valence-electron chi connectivity index (χ3n) is 2.52. The van der Waals surface area contributed by atoms with Gasteiger partial charge in [-0.2, -0.15) is 0 Å². The Morgan fingerprint density at radius 3 is 1.39 bits per heavy atom. The van der Waals surface area contributed by atoms with Gasteiger partial charge in [0, 0.05) is 36.1 Å². The van der Waals surface area contributed by atoms with Crippen molar-refractivity contribution < 1.29 is 18.9 Å². The highest BCUT2D eigenvalue weighted by atomic mass is 35.7. The topological polar surface area (TPSA) is 105 Å². The summed E-state index contributed by atoms with van der Waals surface area (Å²) >= 11 is 11.1. The molecule has 0 saturated carbocycles. The van der Waals surface area contributed by atoms with E-state index < -0.39 is 15.7 Å². The van der Waals surface area contributed by atoms with Crippen molar-refractivity contribution in [1.82, 2.24) is 0 Å². The van der Waals surface area contributed by atoms with Crippen LogP contribution in [0.2, 0.25) is 0 Å². The van der Waals surface area contributed by atoms with Crippen LogP contribution in [0, 0.1) is 20.2 Å². The van der Waals surface area contributed by atoms with Gasteiger partial charge in [-0.05, 0) is 35.5 Å². The van der Waals surface area contributed by atoms with Crippen molar-refractivity contribution >= 4 is 40.3 Å². The van der Waals surface area contributed by atoms with Crippen LogP contribution in [0.15, 0.2) is 48.5 Å². The maximum Gasteiger partial charge on any atom is 0.384 e. The summed E-state index contributed by atoms with van der Waals surface area (Å²) in [7, 11) is 0. The molecule has 0 aliphatic carbocycles. The Morgan fingerprint density at radius 1 is 0.826 bits per heavy atom. The first-order valence-electron chi connectivity index (χ1n) is 5.95. The Hall–Kier alpha value is -2.22. The molecule has 0 N–H and O–H groups in total. The summed E-state index contributed by atoms with van der Waals surface area (Å²) in [6.45, 7) is 0. The van der Waals surface area contributed by atoms with Crippen LogP contribution in [0.4, 0.5) is 11.4 Å². The molecular weight excluding hydrogens is 367 g/mol. The minimum absolute atomic E-state index is 0.100. The lowest BCUT2D eigenvalue weighted by Gasteiger charge is -2.16. The van der Waals surface area contributed by atoms with E-state index in [9.17, 15) is 20.2 Å². The molecule has 2 aromatic carbocycles. The number of halogens is 1. The molecule has 0 radical (unpaired) electrons. The third kappa shape index (κ3) is 4.88. The highest BCUT2D eigenvalue weighted by Gasteiger charge is 2.20. The fourth-order valence-electron chi connectivity index (χ4n) is 1.53. The zero-order valence-electron chi connectivity index (χ0n) is 11.2.